The van der Waals surface area contributed by atoms with Gasteiger partial charge in [0.25, 0.3) is 0 Å². The van der Waals surface area contributed by atoms with Gasteiger partial charge in [-0.25, -0.2) is 4.39 Å². The van der Waals surface area contributed by atoms with Gasteiger partial charge in [0, 0.05) is 17.7 Å². The molecule has 98 valence electrons. The Morgan fingerprint density at radius 2 is 1.89 bits per heavy atom. The predicted molar refractivity (Wildman–Crippen MR) is 59.3 cm³/mol. The van der Waals surface area contributed by atoms with Crippen molar-refractivity contribution in [2.24, 2.45) is 16.6 Å². The van der Waals surface area contributed by atoms with Crippen molar-refractivity contribution >= 4 is 11.5 Å². The highest BCUT2D eigenvalue weighted by molar-refractivity contribution is 5.83. The molecule has 3 nitrogen and oxygen atoms in total. The van der Waals surface area contributed by atoms with Crippen molar-refractivity contribution in [3.63, 3.8) is 0 Å². The monoisotopic (exact) mass is 261 g/mol. The fourth-order valence-corrected chi connectivity index (χ4v) is 2.03. The molecule has 0 radical (unpaired) electrons. The summed E-state index contributed by atoms with van der Waals surface area (Å²) in [5.41, 5.74) is 10.8. The van der Waals surface area contributed by atoms with Crippen LogP contribution in [0.2, 0.25) is 0 Å². The average molecular weight is 261 g/mol. The lowest BCUT2D eigenvalue weighted by atomic mass is 9.92. The van der Waals surface area contributed by atoms with E-state index in [1.807, 2.05) is 0 Å². The molecule has 1 aromatic carbocycles. The lowest BCUT2D eigenvalue weighted by Crippen LogP contribution is -2.27. The van der Waals surface area contributed by atoms with Crippen LogP contribution in [0.15, 0.2) is 23.2 Å². The highest BCUT2D eigenvalue weighted by Gasteiger charge is 2.49. The molecule has 0 amide bonds. The fourth-order valence-electron chi connectivity index (χ4n) is 2.03. The number of nitrogen functional groups attached to an aromatic ring is 1. The van der Waals surface area contributed by atoms with Crippen LogP contribution in [0.1, 0.15) is 18.0 Å². The minimum Gasteiger partial charge on any atom is -0.399 e. The van der Waals surface area contributed by atoms with Gasteiger partial charge < -0.3 is 11.5 Å². The van der Waals surface area contributed by atoms with Crippen LogP contribution in [0.4, 0.5) is 23.2 Å². The maximum Gasteiger partial charge on any atom is 0.394 e. The molecule has 2 unspecified atom stereocenters. The van der Waals surface area contributed by atoms with Crippen LogP contribution < -0.4 is 11.5 Å². The molecule has 1 aromatic rings. The molecule has 1 aliphatic heterocycles. The van der Waals surface area contributed by atoms with E-state index in [4.69, 9.17) is 11.5 Å². The van der Waals surface area contributed by atoms with Gasteiger partial charge in [0.05, 0.1) is 17.8 Å². The molecule has 2 atom stereocenters. The number of alkyl halides is 3. The molecule has 7 heteroatoms. The van der Waals surface area contributed by atoms with Gasteiger partial charge in [-0.05, 0) is 18.2 Å². The molecular weight excluding hydrogens is 250 g/mol. The van der Waals surface area contributed by atoms with Crippen molar-refractivity contribution in [1.82, 2.24) is 0 Å². The second kappa shape index (κ2) is 4.15. The number of nitrogens with zero attached hydrogens (tertiary/aromatic N) is 1. The Hall–Kier alpha value is -1.79. The first-order valence-corrected chi connectivity index (χ1v) is 5.23. The molecule has 1 heterocycles. The Morgan fingerprint density at radius 1 is 1.22 bits per heavy atom. The molecule has 0 saturated carbocycles. The minimum absolute atomic E-state index is 0.121. The van der Waals surface area contributed by atoms with Gasteiger partial charge in [-0.2, -0.15) is 13.2 Å². The van der Waals surface area contributed by atoms with Crippen molar-refractivity contribution in [1.29, 1.82) is 0 Å². The summed E-state index contributed by atoms with van der Waals surface area (Å²) >= 11 is 0. The maximum absolute atomic E-state index is 13.6. The van der Waals surface area contributed by atoms with Crippen LogP contribution in [-0.2, 0) is 0 Å². The van der Waals surface area contributed by atoms with Crippen LogP contribution in [0.25, 0.3) is 0 Å². The van der Waals surface area contributed by atoms with Crippen LogP contribution >= 0.6 is 0 Å². The van der Waals surface area contributed by atoms with E-state index >= 15 is 0 Å². The van der Waals surface area contributed by atoms with Gasteiger partial charge in [-0.1, -0.05) is 0 Å². The second-order valence-electron chi connectivity index (χ2n) is 4.20. The third-order valence-corrected chi connectivity index (χ3v) is 2.87. The van der Waals surface area contributed by atoms with Crippen molar-refractivity contribution in [3.8, 4) is 0 Å². The molecule has 18 heavy (non-hydrogen) atoms. The number of hydrogen-bond donors (Lipinski definition) is 2. The number of aliphatic imine (C=N–C) groups is 1. The van der Waals surface area contributed by atoms with E-state index in [0.29, 0.717) is 0 Å². The van der Waals surface area contributed by atoms with E-state index in [0.717, 1.165) is 6.07 Å². The zero-order valence-corrected chi connectivity index (χ0v) is 9.21. The molecule has 2 rings (SSSR count). The number of amidine groups is 1. The van der Waals surface area contributed by atoms with E-state index in [-0.39, 0.29) is 17.1 Å². The Bertz CT molecular complexity index is 496. The first-order chi connectivity index (χ1) is 8.29. The van der Waals surface area contributed by atoms with Crippen LogP contribution in [0, 0.1) is 11.7 Å². The highest BCUT2D eigenvalue weighted by atomic mass is 19.4. The largest absolute Gasteiger partial charge is 0.399 e. The molecule has 0 bridgehead atoms. The summed E-state index contributed by atoms with van der Waals surface area (Å²) in [5.74, 6) is -2.68. The number of anilines is 1. The minimum atomic E-state index is -4.48. The summed E-state index contributed by atoms with van der Waals surface area (Å²) in [5, 5.41) is 0. The first-order valence-electron chi connectivity index (χ1n) is 5.23. The van der Waals surface area contributed by atoms with Crippen LogP contribution in [0.5, 0.6) is 0 Å². The summed E-state index contributed by atoms with van der Waals surface area (Å²) in [4.78, 5) is 3.69. The smallest absolute Gasteiger partial charge is 0.394 e. The molecule has 1 aliphatic rings. The normalized spacial score (nSPS) is 24.1. The Labute approximate surface area is 100 Å². The van der Waals surface area contributed by atoms with Gasteiger partial charge in [0.15, 0.2) is 0 Å². The summed E-state index contributed by atoms with van der Waals surface area (Å²) in [6, 6.07) is 2.13. The van der Waals surface area contributed by atoms with E-state index < -0.39 is 30.4 Å². The van der Waals surface area contributed by atoms with Crippen molar-refractivity contribution in [2.45, 2.75) is 18.6 Å². The molecule has 0 saturated heterocycles. The number of hydrogen-bond acceptors (Lipinski definition) is 3. The second-order valence-corrected chi connectivity index (χ2v) is 4.20. The van der Waals surface area contributed by atoms with Gasteiger partial charge >= 0.3 is 6.18 Å². The number of halogens is 4. The summed E-state index contributed by atoms with van der Waals surface area (Å²) in [6.07, 6.45) is -4.89. The molecular formula is C11H11F4N3. The molecule has 0 spiro atoms. The summed E-state index contributed by atoms with van der Waals surface area (Å²) < 4.78 is 52.0. The number of nitrogens with two attached hydrogens (primary N) is 2. The van der Waals surface area contributed by atoms with Crippen molar-refractivity contribution < 1.29 is 17.6 Å². The fraction of sp³-hybridized carbons (Fsp3) is 0.364. The number of rotatable bonds is 1. The molecule has 4 N–H and O–H groups in total. The number of benzene rings is 1. The SMILES string of the molecule is NC1=NC(c2cc(N)ccc2F)C(C(F)(F)F)C1. The standard InChI is InChI=1S/C11H11F4N3/c12-8-2-1-5(16)3-6(8)10-7(11(13,14)15)4-9(17)18-10/h1-3,7,10H,4,16H2,(H2,17,18). The average Bonchev–Trinajstić information content (AvgIpc) is 2.63. The Morgan fingerprint density at radius 3 is 2.50 bits per heavy atom. The predicted octanol–water partition coefficient (Wildman–Crippen LogP) is 2.39. The zero-order chi connectivity index (χ0) is 13.5. The maximum atomic E-state index is 13.6. The zero-order valence-electron chi connectivity index (χ0n) is 9.21. The topological polar surface area (TPSA) is 64.4 Å². The lowest BCUT2D eigenvalue weighted by molar-refractivity contribution is -0.176. The summed E-state index contributed by atoms with van der Waals surface area (Å²) in [6.45, 7) is 0. The Balaban J connectivity index is 2.44. The van der Waals surface area contributed by atoms with E-state index in [9.17, 15) is 17.6 Å². The molecule has 0 aromatic heterocycles. The summed E-state index contributed by atoms with van der Waals surface area (Å²) in [7, 11) is 0. The lowest BCUT2D eigenvalue weighted by Gasteiger charge is -2.21. The third kappa shape index (κ3) is 2.25. The molecule has 0 fully saturated rings. The van der Waals surface area contributed by atoms with Gasteiger partial charge in [0.2, 0.25) is 0 Å². The third-order valence-electron chi connectivity index (χ3n) is 2.87. The van der Waals surface area contributed by atoms with Gasteiger partial charge in [-0.15, -0.1) is 0 Å². The molecule has 0 aliphatic carbocycles. The van der Waals surface area contributed by atoms with Crippen LogP contribution in [-0.4, -0.2) is 12.0 Å². The van der Waals surface area contributed by atoms with Gasteiger partial charge in [0.1, 0.15) is 5.82 Å². The first kappa shape index (κ1) is 12.7. The quantitative estimate of drug-likeness (QED) is 0.602. The van der Waals surface area contributed by atoms with E-state index in [1.165, 1.54) is 12.1 Å². The Kier molecular flexibility index (Phi) is 2.92. The van der Waals surface area contributed by atoms with Gasteiger partial charge in [-0.3, -0.25) is 4.99 Å². The highest BCUT2D eigenvalue weighted by Crippen LogP contribution is 2.44. The van der Waals surface area contributed by atoms with Crippen LogP contribution in [0.3, 0.4) is 0 Å². The van der Waals surface area contributed by atoms with Crippen molar-refractivity contribution in [3.05, 3.63) is 29.6 Å². The van der Waals surface area contributed by atoms with Crippen molar-refractivity contribution in [2.75, 3.05) is 5.73 Å². The van der Waals surface area contributed by atoms with E-state index in [2.05, 4.69) is 4.99 Å². The van der Waals surface area contributed by atoms with E-state index in [1.54, 1.807) is 0 Å².